The third-order valence-electron chi connectivity index (χ3n) is 2.97. The van der Waals surface area contributed by atoms with Gasteiger partial charge in [0.1, 0.15) is 18.5 Å². The van der Waals surface area contributed by atoms with E-state index in [0.29, 0.717) is 0 Å². The summed E-state index contributed by atoms with van der Waals surface area (Å²) in [7, 11) is 0. The van der Waals surface area contributed by atoms with Crippen LogP contribution in [0.5, 0.6) is 5.75 Å². The quantitative estimate of drug-likeness (QED) is 0.745. The second kappa shape index (κ2) is 7.07. The first-order valence-electron chi connectivity index (χ1n) is 7.00. The van der Waals surface area contributed by atoms with Gasteiger partial charge < -0.3 is 20.3 Å². The molecule has 0 saturated heterocycles. The molecular formula is C16H27NO3. The normalized spacial score (nSPS) is 13.3. The van der Waals surface area contributed by atoms with Gasteiger partial charge in [-0.2, -0.15) is 0 Å². The van der Waals surface area contributed by atoms with E-state index in [1.165, 1.54) is 5.56 Å². The molecule has 0 aliphatic heterocycles. The largest absolute Gasteiger partial charge is 0.490 e. The van der Waals surface area contributed by atoms with E-state index in [1.54, 1.807) is 0 Å². The van der Waals surface area contributed by atoms with Gasteiger partial charge in [0.15, 0.2) is 0 Å². The van der Waals surface area contributed by atoms with Gasteiger partial charge in [-0.1, -0.05) is 12.1 Å². The van der Waals surface area contributed by atoms with E-state index in [2.05, 4.69) is 38.2 Å². The van der Waals surface area contributed by atoms with Crippen LogP contribution in [0, 0.1) is 13.8 Å². The van der Waals surface area contributed by atoms with Crippen LogP contribution in [-0.2, 0) is 6.54 Å². The summed E-state index contributed by atoms with van der Waals surface area (Å²) in [4.78, 5) is 0. The van der Waals surface area contributed by atoms with E-state index >= 15 is 0 Å². The Kier molecular flexibility index (Phi) is 5.99. The Hall–Kier alpha value is -1.10. The molecule has 0 saturated carbocycles. The van der Waals surface area contributed by atoms with Crippen LogP contribution in [0.3, 0.4) is 0 Å². The molecule has 1 rings (SSSR count). The van der Waals surface area contributed by atoms with Crippen LogP contribution in [0.2, 0.25) is 0 Å². The first-order chi connectivity index (χ1) is 9.23. The molecule has 0 aromatic heterocycles. The molecule has 0 amide bonds. The molecule has 0 spiro atoms. The Bertz CT molecular complexity index is 415. The average Bonchev–Trinajstić information content (AvgIpc) is 2.34. The second-order valence-corrected chi connectivity index (χ2v) is 6.31. The summed E-state index contributed by atoms with van der Waals surface area (Å²) in [5.74, 6) is 0.789. The summed E-state index contributed by atoms with van der Waals surface area (Å²) < 4.78 is 5.59. The molecule has 4 nitrogen and oxygen atoms in total. The van der Waals surface area contributed by atoms with Crippen molar-refractivity contribution in [2.24, 2.45) is 0 Å². The van der Waals surface area contributed by atoms with E-state index < -0.39 is 6.10 Å². The van der Waals surface area contributed by atoms with Gasteiger partial charge in [-0.3, -0.25) is 0 Å². The third-order valence-corrected chi connectivity index (χ3v) is 2.97. The fourth-order valence-corrected chi connectivity index (χ4v) is 1.97. The van der Waals surface area contributed by atoms with E-state index in [1.807, 2.05) is 13.8 Å². The lowest BCUT2D eigenvalue weighted by Crippen LogP contribution is -2.35. The maximum Gasteiger partial charge on any atom is 0.125 e. The second-order valence-electron chi connectivity index (χ2n) is 6.31. The van der Waals surface area contributed by atoms with Gasteiger partial charge in [0.2, 0.25) is 0 Å². The van der Waals surface area contributed by atoms with Gasteiger partial charge in [-0.05, 0) is 51.3 Å². The lowest BCUT2D eigenvalue weighted by molar-refractivity contribution is 0.0531. The van der Waals surface area contributed by atoms with E-state index in [0.717, 1.165) is 23.4 Å². The first kappa shape index (κ1) is 17.0. The molecule has 3 N–H and O–H groups in total. The highest BCUT2D eigenvalue weighted by Crippen LogP contribution is 2.25. The van der Waals surface area contributed by atoms with Crippen molar-refractivity contribution in [1.82, 2.24) is 5.32 Å². The molecule has 1 aromatic rings. The van der Waals surface area contributed by atoms with Gasteiger partial charge in [0.05, 0.1) is 6.61 Å². The van der Waals surface area contributed by atoms with Crippen LogP contribution in [0.25, 0.3) is 0 Å². The van der Waals surface area contributed by atoms with E-state index in [4.69, 9.17) is 9.84 Å². The Morgan fingerprint density at radius 2 is 1.75 bits per heavy atom. The molecule has 1 atom stereocenters. The highest BCUT2D eigenvalue weighted by atomic mass is 16.5. The smallest absolute Gasteiger partial charge is 0.125 e. The Morgan fingerprint density at radius 1 is 1.20 bits per heavy atom. The summed E-state index contributed by atoms with van der Waals surface area (Å²) >= 11 is 0. The van der Waals surface area contributed by atoms with Crippen molar-refractivity contribution in [2.75, 3.05) is 13.2 Å². The predicted molar refractivity (Wildman–Crippen MR) is 81.1 cm³/mol. The molecule has 0 radical (unpaired) electrons. The van der Waals surface area contributed by atoms with E-state index in [9.17, 15) is 5.11 Å². The van der Waals surface area contributed by atoms with Crippen LogP contribution in [0.1, 0.15) is 37.5 Å². The topological polar surface area (TPSA) is 61.7 Å². The molecular weight excluding hydrogens is 254 g/mol. The minimum Gasteiger partial charge on any atom is -0.490 e. The van der Waals surface area contributed by atoms with Crippen LogP contribution in [0.4, 0.5) is 0 Å². The number of hydrogen-bond donors (Lipinski definition) is 3. The Morgan fingerprint density at radius 3 is 2.20 bits per heavy atom. The molecule has 0 heterocycles. The summed E-state index contributed by atoms with van der Waals surface area (Å²) in [5, 5.41) is 21.6. The summed E-state index contributed by atoms with van der Waals surface area (Å²) in [6.07, 6.45) is -0.837. The van der Waals surface area contributed by atoms with Crippen molar-refractivity contribution in [3.05, 3.63) is 28.8 Å². The maximum absolute atomic E-state index is 9.34. The molecule has 0 aliphatic carbocycles. The lowest BCUT2D eigenvalue weighted by atomic mass is 10.0. The zero-order chi connectivity index (χ0) is 15.3. The predicted octanol–water partition coefficient (Wildman–Crippen LogP) is 1.92. The van der Waals surface area contributed by atoms with Crippen LogP contribution in [0.15, 0.2) is 12.1 Å². The number of aryl methyl sites for hydroxylation is 2. The highest BCUT2D eigenvalue weighted by molar-refractivity contribution is 5.43. The maximum atomic E-state index is 9.34. The van der Waals surface area contributed by atoms with Crippen LogP contribution >= 0.6 is 0 Å². The van der Waals surface area contributed by atoms with E-state index in [-0.39, 0.29) is 18.8 Å². The molecule has 20 heavy (non-hydrogen) atoms. The van der Waals surface area contributed by atoms with Gasteiger partial charge in [0, 0.05) is 12.1 Å². The summed E-state index contributed by atoms with van der Waals surface area (Å²) in [6, 6.07) is 4.18. The van der Waals surface area contributed by atoms with Gasteiger partial charge in [-0.25, -0.2) is 0 Å². The van der Waals surface area contributed by atoms with Crippen molar-refractivity contribution < 1.29 is 14.9 Å². The number of aliphatic hydroxyl groups excluding tert-OH is 2. The van der Waals surface area contributed by atoms with Gasteiger partial charge in [0.25, 0.3) is 0 Å². The molecule has 1 unspecified atom stereocenters. The first-order valence-corrected chi connectivity index (χ1v) is 7.00. The van der Waals surface area contributed by atoms with Crippen molar-refractivity contribution in [1.29, 1.82) is 0 Å². The van der Waals surface area contributed by atoms with Gasteiger partial charge >= 0.3 is 0 Å². The van der Waals surface area contributed by atoms with Crippen molar-refractivity contribution in [2.45, 2.75) is 52.8 Å². The van der Waals surface area contributed by atoms with Crippen molar-refractivity contribution >= 4 is 0 Å². The SMILES string of the molecule is Cc1cc(CNC(C)(C)C)cc(C)c1OCC(O)CO. The minimum absolute atomic E-state index is 0.0855. The molecule has 4 heteroatoms. The Labute approximate surface area is 121 Å². The number of ether oxygens (including phenoxy) is 1. The number of nitrogens with one attached hydrogen (secondary N) is 1. The minimum atomic E-state index is -0.837. The zero-order valence-electron chi connectivity index (χ0n) is 13.2. The molecule has 0 bridgehead atoms. The number of benzene rings is 1. The molecule has 1 aromatic carbocycles. The fourth-order valence-electron chi connectivity index (χ4n) is 1.97. The number of hydrogen-bond acceptors (Lipinski definition) is 4. The molecule has 114 valence electrons. The number of rotatable bonds is 6. The van der Waals surface area contributed by atoms with Crippen LogP contribution in [-0.4, -0.2) is 35.1 Å². The Balaban J connectivity index is 2.76. The fraction of sp³-hybridized carbons (Fsp3) is 0.625. The summed E-state index contributed by atoms with van der Waals surface area (Å²) in [5.41, 5.74) is 3.38. The lowest BCUT2D eigenvalue weighted by Gasteiger charge is -2.21. The van der Waals surface area contributed by atoms with Gasteiger partial charge in [-0.15, -0.1) is 0 Å². The van der Waals surface area contributed by atoms with Crippen LogP contribution < -0.4 is 10.1 Å². The molecule has 0 aliphatic rings. The number of aliphatic hydroxyl groups is 2. The van der Waals surface area contributed by atoms with Crippen molar-refractivity contribution in [3.63, 3.8) is 0 Å². The standard InChI is InChI=1S/C16H27NO3/c1-11-6-13(8-17-16(3,4)5)7-12(2)15(11)20-10-14(19)9-18/h6-7,14,17-19H,8-10H2,1-5H3. The third kappa shape index (κ3) is 5.49. The average molecular weight is 281 g/mol. The highest BCUT2D eigenvalue weighted by Gasteiger charge is 2.12. The monoisotopic (exact) mass is 281 g/mol. The zero-order valence-corrected chi connectivity index (χ0v) is 13.2. The van der Waals surface area contributed by atoms with Crippen molar-refractivity contribution in [3.8, 4) is 5.75 Å². The molecule has 0 fully saturated rings. The summed E-state index contributed by atoms with van der Waals surface area (Å²) in [6.45, 7) is 11.0.